The van der Waals surface area contributed by atoms with Crippen molar-refractivity contribution in [3.05, 3.63) is 34.3 Å². The molecule has 0 aromatic heterocycles. The minimum Gasteiger partial charge on any atom is -0.296 e. The molecule has 0 aliphatic carbocycles. The molecule has 19 heavy (non-hydrogen) atoms. The summed E-state index contributed by atoms with van der Waals surface area (Å²) in [4.78, 5) is 2.56. The molecule has 0 spiro atoms. The van der Waals surface area contributed by atoms with Crippen LogP contribution in [-0.2, 0) is 6.54 Å². The van der Waals surface area contributed by atoms with Crippen LogP contribution in [0.4, 0.5) is 0 Å². The SMILES string of the molecule is CCC1CCCCCN1Cc1ccc(C#N)cc1Cl. The third-order valence-corrected chi connectivity index (χ3v) is 4.38. The summed E-state index contributed by atoms with van der Waals surface area (Å²) in [6.45, 7) is 4.33. The summed E-state index contributed by atoms with van der Waals surface area (Å²) in [7, 11) is 0. The van der Waals surface area contributed by atoms with Crippen LogP contribution in [-0.4, -0.2) is 17.5 Å². The molecule has 0 saturated carbocycles. The zero-order valence-electron chi connectivity index (χ0n) is 11.5. The van der Waals surface area contributed by atoms with E-state index in [4.69, 9.17) is 16.9 Å². The van der Waals surface area contributed by atoms with E-state index in [1.54, 1.807) is 6.07 Å². The molecule has 1 aromatic carbocycles. The first-order valence-corrected chi connectivity index (χ1v) is 7.55. The second kappa shape index (κ2) is 6.93. The van der Waals surface area contributed by atoms with Crippen molar-refractivity contribution >= 4 is 11.6 Å². The van der Waals surface area contributed by atoms with Crippen molar-refractivity contribution in [3.63, 3.8) is 0 Å². The third-order valence-electron chi connectivity index (χ3n) is 4.03. The van der Waals surface area contributed by atoms with Crippen LogP contribution in [0.15, 0.2) is 18.2 Å². The van der Waals surface area contributed by atoms with Crippen LogP contribution in [0.3, 0.4) is 0 Å². The maximum absolute atomic E-state index is 8.87. The van der Waals surface area contributed by atoms with E-state index in [0.717, 1.165) is 23.7 Å². The first-order chi connectivity index (χ1) is 9.24. The van der Waals surface area contributed by atoms with Crippen molar-refractivity contribution in [1.29, 1.82) is 5.26 Å². The Kier molecular flexibility index (Phi) is 5.24. The predicted octanol–water partition coefficient (Wildman–Crippen LogP) is 4.37. The van der Waals surface area contributed by atoms with Gasteiger partial charge in [0, 0.05) is 17.6 Å². The van der Waals surface area contributed by atoms with Crippen LogP contribution < -0.4 is 0 Å². The molecule has 1 aliphatic heterocycles. The maximum atomic E-state index is 8.87. The summed E-state index contributed by atoms with van der Waals surface area (Å²) in [5, 5.41) is 9.59. The molecule has 1 fully saturated rings. The highest BCUT2D eigenvalue weighted by molar-refractivity contribution is 6.31. The fraction of sp³-hybridized carbons (Fsp3) is 0.562. The van der Waals surface area contributed by atoms with E-state index in [0.29, 0.717) is 11.6 Å². The second-order valence-electron chi connectivity index (χ2n) is 5.30. The molecule has 102 valence electrons. The molecule has 2 nitrogen and oxygen atoms in total. The minimum absolute atomic E-state index is 0.636. The van der Waals surface area contributed by atoms with Crippen molar-refractivity contribution in [2.45, 2.75) is 51.6 Å². The highest BCUT2D eigenvalue weighted by Gasteiger charge is 2.20. The standard InChI is InChI=1S/C16H21ClN2/c1-2-15-6-4-3-5-9-19(15)12-14-8-7-13(11-18)10-16(14)17/h7-8,10,15H,2-6,9,12H2,1H3. The Balaban J connectivity index is 2.12. The molecule has 1 aliphatic rings. The summed E-state index contributed by atoms with van der Waals surface area (Å²) in [6, 6.07) is 8.44. The van der Waals surface area contributed by atoms with Crippen LogP contribution in [0.5, 0.6) is 0 Å². The summed E-state index contributed by atoms with van der Waals surface area (Å²) in [6.07, 6.45) is 6.47. The first kappa shape index (κ1) is 14.4. The van der Waals surface area contributed by atoms with Crippen LogP contribution in [0, 0.1) is 11.3 Å². The van der Waals surface area contributed by atoms with Gasteiger partial charge in [0.05, 0.1) is 11.6 Å². The molecule has 1 atom stereocenters. The highest BCUT2D eigenvalue weighted by atomic mass is 35.5. The molecule has 1 saturated heterocycles. The Bertz CT molecular complexity index is 464. The lowest BCUT2D eigenvalue weighted by molar-refractivity contribution is 0.186. The van der Waals surface area contributed by atoms with Gasteiger partial charge in [-0.1, -0.05) is 37.4 Å². The average molecular weight is 277 g/mol. The lowest BCUT2D eigenvalue weighted by Crippen LogP contribution is -2.33. The van der Waals surface area contributed by atoms with Crippen LogP contribution in [0.2, 0.25) is 5.02 Å². The molecular formula is C16H21ClN2. The Labute approximate surface area is 121 Å². The maximum Gasteiger partial charge on any atom is 0.0992 e. The number of benzene rings is 1. The molecule has 1 heterocycles. The van der Waals surface area contributed by atoms with Crippen LogP contribution in [0.1, 0.15) is 50.2 Å². The molecule has 0 N–H and O–H groups in total. The number of rotatable bonds is 3. The molecule has 0 amide bonds. The van der Waals surface area contributed by atoms with Gasteiger partial charge in [-0.3, -0.25) is 4.90 Å². The number of hydrogen-bond donors (Lipinski definition) is 0. The summed E-state index contributed by atoms with van der Waals surface area (Å²) in [5.41, 5.74) is 1.78. The number of nitriles is 1. The zero-order chi connectivity index (χ0) is 13.7. The largest absolute Gasteiger partial charge is 0.296 e. The summed E-state index contributed by atoms with van der Waals surface area (Å²) < 4.78 is 0. The lowest BCUT2D eigenvalue weighted by atomic mass is 10.1. The highest BCUT2D eigenvalue weighted by Crippen LogP contribution is 2.25. The van der Waals surface area contributed by atoms with E-state index >= 15 is 0 Å². The molecule has 0 radical (unpaired) electrons. The van der Waals surface area contributed by atoms with Crippen LogP contribution >= 0.6 is 11.6 Å². The van der Waals surface area contributed by atoms with E-state index in [1.165, 1.54) is 32.1 Å². The fourth-order valence-electron chi connectivity index (χ4n) is 2.87. The van der Waals surface area contributed by atoms with Crippen LogP contribution in [0.25, 0.3) is 0 Å². The Morgan fingerprint density at radius 3 is 2.89 bits per heavy atom. The zero-order valence-corrected chi connectivity index (χ0v) is 12.3. The van der Waals surface area contributed by atoms with Gasteiger partial charge in [-0.2, -0.15) is 5.26 Å². The van der Waals surface area contributed by atoms with Gasteiger partial charge >= 0.3 is 0 Å². The predicted molar refractivity (Wildman–Crippen MR) is 79.1 cm³/mol. The van der Waals surface area contributed by atoms with Gasteiger partial charge < -0.3 is 0 Å². The van der Waals surface area contributed by atoms with Gasteiger partial charge in [-0.15, -0.1) is 0 Å². The van der Waals surface area contributed by atoms with E-state index in [1.807, 2.05) is 12.1 Å². The van der Waals surface area contributed by atoms with Gasteiger partial charge in [0.25, 0.3) is 0 Å². The normalized spacial score (nSPS) is 20.8. The molecule has 1 aromatic rings. The van der Waals surface area contributed by atoms with Crippen molar-refractivity contribution in [1.82, 2.24) is 4.90 Å². The fourth-order valence-corrected chi connectivity index (χ4v) is 3.11. The van der Waals surface area contributed by atoms with E-state index in [-0.39, 0.29) is 0 Å². The number of hydrogen-bond acceptors (Lipinski definition) is 2. The Hall–Kier alpha value is -1.04. The Morgan fingerprint density at radius 1 is 1.37 bits per heavy atom. The number of likely N-dealkylation sites (tertiary alicyclic amines) is 1. The van der Waals surface area contributed by atoms with E-state index in [2.05, 4.69) is 17.9 Å². The number of halogens is 1. The Morgan fingerprint density at radius 2 is 2.21 bits per heavy atom. The third kappa shape index (κ3) is 3.72. The lowest BCUT2D eigenvalue weighted by Gasteiger charge is -2.29. The van der Waals surface area contributed by atoms with Gasteiger partial charge in [-0.25, -0.2) is 0 Å². The minimum atomic E-state index is 0.636. The van der Waals surface area contributed by atoms with Gasteiger partial charge in [-0.05, 0) is 43.5 Å². The topological polar surface area (TPSA) is 27.0 Å². The van der Waals surface area contributed by atoms with Crippen molar-refractivity contribution in [3.8, 4) is 6.07 Å². The molecule has 3 heteroatoms. The monoisotopic (exact) mass is 276 g/mol. The summed E-state index contributed by atoms with van der Waals surface area (Å²) in [5.74, 6) is 0. The summed E-state index contributed by atoms with van der Waals surface area (Å²) >= 11 is 6.28. The second-order valence-corrected chi connectivity index (χ2v) is 5.71. The van der Waals surface area contributed by atoms with Gasteiger partial charge in [0.1, 0.15) is 0 Å². The van der Waals surface area contributed by atoms with Crippen molar-refractivity contribution < 1.29 is 0 Å². The first-order valence-electron chi connectivity index (χ1n) is 7.17. The molecule has 2 rings (SSSR count). The molecule has 1 unspecified atom stereocenters. The van der Waals surface area contributed by atoms with Crippen molar-refractivity contribution in [2.24, 2.45) is 0 Å². The van der Waals surface area contributed by atoms with E-state index in [9.17, 15) is 0 Å². The average Bonchev–Trinajstić information content (AvgIpc) is 2.66. The quantitative estimate of drug-likeness (QED) is 0.820. The molecular weight excluding hydrogens is 256 g/mol. The molecule has 0 bridgehead atoms. The van der Waals surface area contributed by atoms with Crippen molar-refractivity contribution in [2.75, 3.05) is 6.54 Å². The smallest absolute Gasteiger partial charge is 0.0992 e. The number of nitrogens with zero attached hydrogens (tertiary/aromatic N) is 2. The van der Waals surface area contributed by atoms with Gasteiger partial charge in [0.2, 0.25) is 0 Å². The van der Waals surface area contributed by atoms with E-state index < -0.39 is 0 Å². The van der Waals surface area contributed by atoms with Gasteiger partial charge in [0.15, 0.2) is 0 Å².